The summed E-state index contributed by atoms with van der Waals surface area (Å²) in [6, 6.07) is 15.4. The standard InChI is InChI=1S/C22H20N4O.C8H13N5O/c1-3-20-24-19-11-7-8-17(13-12-16-14-23-25(2)15-16)21(19)22(27)26(20)18-9-5-4-6-10-18;1-3-4-11-8-5(7(10)14)6(9)12-13(8)2/h4-15H,3H2,1-2H3;3,11H,1,4H2,2H3,(H2,9,12)(H2,10,14)/b13-12+;. The van der Waals surface area contributed by atoms with Crippen LogP contribution in [-0.2, 0) is 20.5 Å². The number of aryl methyl sites for hydroxylation is 3. The van der Waals surface area contributed by atoms with Gasteiger partial charge in [0.1, 0.15) is 17.2 Å². The van der Waals surface area contributed by atoms with Crippen LogP contribution in [0.25, 0.3) is 28.7 Å². The number of nitrogens with zero attached hydrogens (tertiary/aromatic N) is 6. The summed E-state index contributed by atoms with van der Waals surface area (Å²) in [5.74, 6) is 0.802. The van der Waals surface area contributed by atoms with Crippen LogP contribution in [0.1, 0.15) is 34.2 Å². The molecule has 1 amide bonds. The van der Waals surface area contributed by atoms with E-state index in [0.717, 1.165) is 28.2 Å². The van der Waals surface area contributed by atoms with Gasteiger partial charge in [0.15, 0.2) is 5.82 Å². The topological polar surface area (TPSA) is 152 Å². The number of carbonyl (C=O) groups excluding carboxylic acids is 1. The van der Waals surface area contributed by atoms with E-state index in [4.69, 9.17) is 16.5 Å². The molecular formula is C30H33N9O2. The van der Waals surface area contributed by atoms with Gasteiger partial charge in [-0.2, -0.15) is 10.2 Å². The number of anilines is 2. The Kier molecular flexibility index (Phi) is 8.78. The Hall–Kier alpha value is -5.45. The summed E-state index contributed by atoms with van der Waals surface area (Å²) in [4.78, 5) is 29.2. The third-order valence-corrected chi connectivity index (χ3v) is 6.24. The fraction of sp³-hybridized carbons (Fsp3) is 0.167. The molecule has 11 heteroatoms. The quantitative estimate of drug-likeness (QED) is 0.249. The van der Waals surface area contributed by atoms with Crippen molar-refractivity contribution in [1.82, 2.24) is 29.1 Å². The Labute approximate surface area is 237 Å². The van der Waals surface area contributed by atoms with Crippen LogP contribution in [0.2, 0.25) is 0 Å². The first-order valence-electron chi connectivity index (χ1n) is 13.0. The number of benzene rings is 2. The summed E-state index contributed by atoms with van der Waals surface area (Å²) in [6.07, 6.45) is 9.96. The summed E-state index contributed by atoms with van der Waals surface area (Å²) >= 11 is 0. The van der Waals surface area contributed by atoms with Crippen molar-refractivity contribution < 1.29 is 4.79 Å². The second-order valence-corrected chi connectivity index (χ2v) is 9.15. The lowest BCUT2D eigenvalue weighted by Crippen LogP contribution is -2.24. The van der Waals surface area contributed by atoms with E-state index in [-0.39, 0.29) is 16.9 Å². The van der Waals surface area contributed by atoms with Crippen molar-refractivity contribution >= 4 is 40.6 Å². The van der Waals surface area contributed by atoms with Gasteiger partial charge in [0.05, 0.1) is 22.8 Å². The van der Waals surface area contributed by atoms with Crippen LogP contribution < -0.4 is 22.3 Å². The molecule has 5 N–H and O–H groups in total. The number of para-hydroxylation sites is 1. The molecule has 0 spiro atoms. The van der Waals surface area contributed by atoms with Gasteiger partial charge in [-0.05, 0) is 23.8 Å². The number of primary amides is 1. The zero-order chi connectivity index (χ0) is 29.5. The van der Waals surface area contributed by atoms with Gasteiger partial charge in [-0.15, -0.1) is 6.58 Å². The molecule has 0 bridgehead atoms. The highest BCUT2D eigenvalue weighted by molar-refractivity contribution is 6.02. The predicted octanol–water partition coefficient (Wildman–Crippen LogP) is 3.55. The minimum absolute atomic E-state index is 0.0468. The van der Waals surface area contributed by atoms with Gasteiger partial charge in [0.2, 0.25) is 0 Å². The molecule has 210 valence electrons. The third-order valence-electron chi connectivity index (χ3n) is 6.24. The van der Waals surface area contributed by atoms with Crippen molar-refractivity contribution in [2.45, 2.75) is 13.3 Å². The molecule has 0 unspecified atom stereocenters. The molecular weight excluding hydrogens is 518 g/mol. The van der Waals surface area contributed by atoms with Crippen LogP contribution in [0.5, 0.6) is 0 Å². The maximum atomic E-state index is 13.4. The molecule has 0 atom stereocenters. The first-order chi connectivity index (χ1) is 19.7. The van der Waals surface area contributed by atoms with Gasteiger partial charge in [0, 0.05) is 38.8 Å². The molecule has 0 aliphatic heterocycles. The van der Waals surface area contributed by atoms with Crippen molar-refractivity contribution in [3.05, 3.63) is 106 Å². The summed E-state index contributed by atoms with van der Waals surface area (Å²) in [5, 5.41) is 11.6. The number of amides is 1. The average molecular weight is 552 g/mol. The van der Waals surface area contributed by atoms with Gasteiger partial charge in [-0.1, -0.05) is 55.5 Å². The SMILES string of the molecule is C=CCNc1c(C(N)=O)c(N)nn1C.CCc1nc2cccc(/C=C/c3cnn(C)c3)c2c(=O)n1-c1ccccc1. The van der Waals surface area contributed by atoms with Crippen LogP contribution in [0.3, 0.4) is 0 Å². The zero-order valence-electron chi connectivity index (χ0n) is 23.3. The van der Waals surface area contributed by atoms with E-state index in [0.29, 0.717) is 24.2 Å². The molecule has 0 saturated heterocycles. The molecule has 0 aliphatic rings. The largest absolute Gasteiger partial charge is 0.381 e. The predicted molar refractivity (Wildman–Crippen MR) is 164 cm³/mol. The van der Waals surface area contributed by atoms with Gasteiger partial charge in [-0.25, -0.2) is 4.98 Å². The van der Waals surface area contributed by atoms with Crippen LogP contribution in [-0.4, -0.2) is 41.6 Å². The van der Waals surface area contributed by atoms with E-state index in [1.165, 1.54) is 4.68 Å². The number of nitrogen functional groups attached to an aromatic ring is 1. The fourth-order valence-corrected chi connectivity index (χ4v) is 4.39. The van der Waals surface area contributed by atoms with Crippen LogP contribution in [0, 0.1) is 0 Å². The highest BCUT2D eigenvalue weighted by atomic mass is 16.1. The maximum Gasteiger partial charge on any atom is 0.266 e. The molecule has 41 heavy (non-hydrogen) atoms. The number of nitrogens with two attached hydrogens (primary N) is 2. The average Bonchev–Trinajstić information content (AvgIpc) is 3.51. The number of carbonyl (C=O) groups is 1. The molecule has 11 nitrogen and oxygen atoms in total. The Bertz CT molecular complexity index is 1780. The summed E-state index contributed by atoms with van der Waals surface area (Å²) in [7, 11) is 3.55. The van der Waals surface area contributed by atoms with Crippen LogP contribution in [0.4, 0.5) is 11.6 Å². The van der Waals surface area contributed by atoms with E-state index in [1.807, 2.05) is 80.9 Å². The summed E-state index contributed by atoms with van der Waals surface area (Å²) < 4.78 is 4.93. The highest BCUT2D eigenvalue weighted by Crippen LogP contribution is 2.20. The second-order valence-electron chi connectivity index (χ2n) is 9.15. The molecule has 2 aromatic carbocycles. The van der Waals surface area contributed by atoms with Gasteiger partial charge >= 0.3 is 0 Å². The monoisotopic (exact) mass is 551 g/mol. The molecule has 3 aromatic heterocycles. The Balaban J connectivity index is 0.000000234. The minimum atomic E-state index is -0.595. The van der Waals surface area contributed by atoms with E-state index >= 15 is 0 Å². The molecule has 0 radical (unpaired) electrons. The van der Waals surface area contributed by atoms with Gasteiger partial charge in [-0.3, -0.25) is 23.5 Å². The van der Waals surface area contributed by atoms with E-state index in [9.17, 15) is 9.59 Å². The van der Waals surface area contributed by atoms with Crippen molar-refractivity contribution in [2.75, 3.05) is 17.6 Å². The number of rotatable bonds is 8. The first kappa shape index (κ1) is 28.6. The minimum Gasteiger partial charge on any atom is -0.381 e. The normalized spacial score (nSPS) is 10.9. The zero-order valence-corrected chi connectivity index (χ0v) is 23.3. The summed E-state index contributed by atoms with van der Waals surface area (Å²) in [5.41, 5.74) is 14.2. The smallest absolute Gasteiger partial charge is 0.266 e. The van der Waals surface area contributed by atoms with E-state index < -0.39 is 5.91 Å². The maximum absolute atomic E-state index is 13.4. The summed E-state index contributed by atoms with van der Waals surface area (Å²) in [6.45, 7) is 6.07. The lowest BCUT2D eigenvalue weighted by molar-refractivity contribution is 0.100. The lowest BCUT2D eigenvalue weighted by atomic mass is 10.1. The highest BCUT2D eigenvalue weighted by Gasteiger charge is 2.18. The molecule has 5 rings (SSSR count). The van der Waals surface area contributed by atoms with Gasteiger partial charge in [0.25, 0.3) is 11.5 Å². The molecule has 0 saturated carbocycles. The fourth-order valence-electron chi connectivity index (χ4n) is 4.39. The van der Waals surface area contributed by atoms with Crippen molar-refractivity contribution in [3.8, 4) is 5.69 Å². The Morgan fingerprint density at radius 3 is 2.49 bits per heavy atom. The number of fused-ring (bicyclic) bond motifs is 1. The lowest BCUT2D eigenvalue weighted by Gasteiger charge is -2.13. The molecule has 3 heterocycles. The Morgan fingerprint density at radius 1 is 1.10 bits per heavy atom. The number of hydrogen-bond donors (Lipinski definition) is 3. The molecule has 0 fully saturated rings. The molecule has 0 aliphatic carbocycles. The second kappa shape index (κ2) is 12.6. The number of aromatic nitrogens is 6. The van der Waals surface area contributed by atoms with Crippen molar-refractivity contribution in [2.24, 2.45) is 19.8 Å². The van der Waals surface area contributed by atoms with Gasteiger partial charge < -0.3 is 16.8 Å². The van der Waals surface area contributed by atoms with Crippen molar-refractivity contribution in [1.29, 1.82) is 0 Å². The van der Waals surface area contributed by atoms with E-state index in [2.05, 4.69) is 22.1 Å². The Morgan fingerprint density at radius 2 is 1.85 bits per heavy atom. The van der Waals surface area contributed by atoms with Crippen molar-refractivity contribution in [3.63, 3.8) is 0 Å². The van der Waals surface area contributed by atoms with E-state index in [1.54, 1.807) is 28.6 Å². The van der Waals surface area contributed by atoms with Crippen LogP contribution >= 0.6 is 0 Å². The third kappa shape index (κ3) is 6.25. The van der Waals surface area contributed by atoms with Crippen LogP contribution in [0.15, 0.2) is 78.4 Å². The number of nitrogens with one attached hydrogen (secondary N) is 1. The first-order valence-corrected chi connectivity index (χ1v) is 13.0. The molecule has 5 aromatic rings. The number of hydrogen-bond acceptors (Lipinski definition) is 7.